The highest BCUT2D eigenvalue weighted by Gasteiger charge is 2.17. The van der Waals surface area contributed by atoms with Crippen molar-refractivity contribution in [2.24, 2.45) is 0 Å². The number of amides is 1. The minimum absolute atomic E-state index is 0.138. The van der Waals surface area contributed by atoms with Gasteiger partial charge < -0.3 is 15.4 Å². The van der Waals surface area contributed by atoms with Gasteiger partial charge in [-0.3, -0.25) is 4.79 Å². The predicted molar refractivity (Wildman–Crippen MR) is 99.2 cm³/mol. The second-order valence-electron chi connectivity index (χ2n) is 5.90. The number of hydrogen-bond acceptors (Lipinski definition) is 5. The molecule has 0 bridgehead atoms. The molecule has 1 aromatic carbocycles. The van der Waals surface area contributed by atoms with E-state index in [0.717, 1.165) is 29.5 Å². The third kappa shape index (κ3) is 4.41. The quantitative estimate of drug-likeness (QED) is 0.587. The number of nitrogens with zero attached hydrogens (tertiary/aromatic N) is 1. The molecule has 0 atom stereocenters. The van der Waals surface area contributed by atoms with Gasteiger partial charge in [-0.15, -0.1) is 0 Å². The van der Waals surface area contributed by atoms with E-state index in [1.165, 1.54) is 16.9 Å². The normalized spacial score (nSPS) is 10.5. The molecular weight excluding hydrogens is 322 g/mol. The molecule has 5 nitrogen and oxygen atoms in total. The van der Waals surface area contributed by atoms with Gasteiger partial charge in [0.05, 0.1) is 5.69 Å². The van der Waals surface area contributed by atoms with Crippen molar-refractivity contribution < 1.29 is 9.59 Å². The Balaban J connectivity index is 2.10. The van der Waals surface area contributed by atoms with Crippen LogP contribution in [0.3, 0.4) is 0 Å². The molecule has 6 heteroatoms. The lowest BCUT2D eigenvalue weighted by molar-refractivity contribution is -0.107. The molecule has 1 heterocycles. The maximum absolute atomic E-state index is 12.6. The molecule has 0 radical (unpaired) electrons. The van der Waals surface area contributed by atoms with Crippen LogP contribution < -0.4 is 10.6 Å². The summed E-state index contributed by atoms with van der Waals surface area (Å²) in [6, 6.07) is 4.12. The van der Waals surface area contributed by atoms with Crippen LogP contribution in [-0.2, 0) is 4.79 Å². The number of rotatable bonds is 7. The topological polar surface area (TPSA) is 71.1 Å². The van der Waals surface area contributed by atoms with Gasteiger partial charge in [0.15, 0.2) is 5.13 Å². The lowest BCUT2D eigenvalue weighted by Crippen LogP contribution is -2.13. The van der Waals surface area contributed by atoms with E-state index in [-0.39, 0.29) is 5.91 Å². The van der Waals surface area contributed by atoms with Crippen molar-refractivity contribution in [3.63, 3.8) is 0 Å². The summed E-state index contributed by atoms with van der Waals surface area (Å²) in [7, 11) is 0. The maximum Gasteiger partial charge on any atom is 0.267 e. The van der Waals surface area contributed by atoms with Gasteiger partial charge in [0.2, 0.25) is 0 Å². The van der Waals surface area contributed by atoms with Crippen LogP contribution in [0.2, 0.25) is 0 Å². The van der Waals surface area contributed by atoms with E-state index in [9.17, 15) is 9.59 Å². The van der Waals surface area contributed by atoms with Gasteiger partial charge in [-0.1, -0.05) is 29.0 Å². The third-order valence-corrected chi connectivity index (χ3v) is 4.81. The summed E-state index contributed by atoms with van der Waals surface area (Å²) in [5, 5.41) is 6.88. The first kappa shape index (κ1) is 18.1. The summed E-state index contributed by atoms with van der Waals surface area (Å²) in [5.74, 6) is -0.138. The van der Waals surface area contributed by atoms with Gasteiger partial charge in [0.1, 0.15) is 11.2 Å². The number of aryl methyl sites for hydroxylation is 4. The van der Waals surface area contributed by atoms with Crippen molar-refractivity contribution in [1.82, 2.24) is 4.98 Å². The minimum atomic E-state index is -0.138. The average molecular weight is 345 g/mol. The highest BCUT2D eigenvalue weighted by molar-refractivity contribution is 7.17. The van der Waals surface area contributed by atoms with Gasteiger partial charge in [-0.05, 0) is 45.2 Å². The molecule has 0 saturated heterocycles. The SMILES string of the molecule is Cc1cc(C)c(NC(=O)c2sc(NCCCC=O)nc2C)c(C)c1. The van der Waals surface area contributed by atoms with Crippen LogP contribution in [0.1, 0.15) is 44.9 Å². The molecule has 0 saturated carbocycles. The van der Waals surface area contributed by atoms with E-state index in [2.05, 4.69) is 27.8 Å². The van der Waals surface area contributed by atoms with Gasteiger partial charge >= 0.3 is 0 Å². The molecule has 0 spiro atoms. The summed E-state index contributed by atoms with van der Waals surface area (Å²) >= 11 is 1.34. The first-order valence-corrected chi connectivity index (χ1v) is 8.78. The molecular formula is C18H23N3O2S. The van der Waals surface area contributed by atoms with E-state index < -0.39 is 0 Å². The molecule has 24 heavy (non-hydrogen) atoms. The van der Waals surface area contributed by atoms with Crippen LogP contribution in [-0.4, -0.2) is 23.7 Å². The number of aromatic nitrogens is 1. The first-order chi connectivity index (χ1) is 11.4. The molecule has 2 aromatic rings. The predicted octanol–water partition coefficient (Wildman–Crippen LogP) is 4.02. The number of nitrogens with one attached hydrogen (secondary N) is 2. The average Bonchev–Trinajstić information content (AvgIpc) is 2.88. The van der Waals surface area contributed by atoms with Crippen molar-refractivity contribution in [2.75, 3.05) is 17.2 Å². The molecule has 0 aliphatic rings. The van der Waals surface area contributed by atoms with Crippen molar-refractivity contribution >= 4 is 34.3 Å². The molecule has 128 valence electrons. The minimum Gasteiger partial charge on any atom is -0.361 e. The first-order valence-electron chi connectivity index (χ1n) is 7.96. The summed E-state index contributed by atoms with van der Waals surface area (Å²) in [6.45, 7) is 8.53. The van der Waals surface area contributed by atoms with Crippen LogP contribution in [0.4, 0.5) is 10.8 Å². The standard InChI is InChI=1S/C18H23N3O2S/c1-11-9-12(2)15(13(3)10-11)21-17(23)16-14(4)20-18(24-16)19-7-5-6-8-22/h8-10H,5-7H2,1-4H3,(H,19,20)(H,21,23). The number of carbonyl (C=O) groups excluding carboxylic acids is 2. The van der Waals surface area contributed by atoms with Crippen LogP contribution >= 0.6 is 11.3 Å². The third-order valence-electron chi connectivity index (χ3n) is 3.69. The van der Waals surface area contributed by atoms with E-state index in [0.29, 0.717) is 28.7 Å². The second kappa shape index (κ2) is 8.06. The monoisotopic (exact) mass is 345 g/mol. The van der Waals surface area contributed by atoms with Crippen LogP contribution in [0.25, 0.3) is 0 Å². The highest BCUT2D eigenvalue weighted by atomic mass is 32.1. The molecule has 2 N–H and O–H groups in total. The highest BCUT2D eigenvalue weighted by Crippen LogP contribution is 2.26. The Morgan fingerprint density at radius 2 is 1.88 bits per heavy atom. The molecule has 2 rings (SSSR count). The Bertz CT molecular complexity index is 730. The van der Waals surface area contributed by atoms with Crippen LogP contribution in [0, 0.1) is 27.7 Å². The molecule has 1 amide bonds. The molecule has 0 aliphatic carbocycles. The van der Waals surface area contributed by atoms with Crippen molar-refractivity contribution in [1.29, 1.82) is 0 Å². The lowest BCUT2D eigenvalue weighted by atomic mass is 10.1. The van der Waals surface area contributed by atoms with Gasteiger partial charge in [0.25, 0.3) is 5.91 Å². The van der Waals surface area contributed by atoms with Crippen LogP contribution in [0.15, 0.2) is 12.1 Å². The van der Waals surface area contributed by atoms with Crippen molar-refractivity contribution in [3.05, 3.63) is 39.4 Å². The maximum atomic E-state index is 12.6. The smallest absolute Gasteiger partial charge is 0.267 e. The van der Waals surface area contributed by atoms with Gasteiger partial charge in [-0.2, -0.15) is 0 Å². The fraction of sp³-hybridized carbons (Fsp3) is 0.389. The zero-order chi connectivity index (χ0) is 17.7. The Morgan fingerprint density at radius 3 is 2.50 bits per heavy atom. The summed E-state index contributed by atoms with van der Waals surface area (Å²) in [6.07, 6.45) is 2.18. The fourth-order valence-corrected chi connectivity index (χ4v) is 3.50. The van der Waals surface area contributed by atoms with E-state index in [1.54, 1.807) is 0 Å². The zero-order valence-corrected chi connectivity index (χ0v) is 15.3. The summed E-state index contributed by atoms with van der Waals surface area (Å²) in [4.78, 5) is 27.9. The number of carbonyl (C=O) groups is 2. The molecule has 0 unspecified atom stereocenters. The van der Waals surface area contributed by atoms with E-state index >= 15 is 0 Å². The second-order valence-corrected chi connectivity index (χ2v) is 6.90. The van der Waals surface area contributed by atoms with Crippen molar-refractivity contribution in [3.8, 4) is 0 Å². The van der Waals surface area contributed by atoms with E-state index in [4.69, 9.17) is 0 Å². The number of thiazole rings is 1. The Morgan fingerprint density at radius 1 is 1.21 bits per heavy atom. The lowest BCUT2D eigenvalue weighted by Gasteiger charge is -2.12. The Hall–Kier alpha value is -2.21. The van der Waals surface area contributed by atoms with E-state index in [1.807, 2.05) is 27.7 Å². The summed E-state index contributed by atoms with van der Waals surface area (Å²) < 4.78 is 0. The largest absolute Gasteiger partial charge is 0.361 e. The number of unbranched alkanes of at least 4 members (excludes halogenated alkanes) is 1. The zero-order valence-electron chi connectivity index (χ0n) is 14.5. The van der Waals surface area contributed by atoms with Crippen LogP contribution in [0.5, 0.6) is 0 Å². The number of hydrogen-bond donors (Lipinski definition) is 2. The summed E-state index contributed by atoms with van der Waals surface area (Å²) in [5.41, 5.74) is 4.85. The number of benzene rings is 1. The Kier molecular flexibility index (Phi) is 6.09. The number of aldehydes is 1. The fourth-order valence-electron chi connectivity index (χ4n) is 2.61. The molecule has 0 fully saturated rings. The Labute approximate surface area is 146 Å². The molecule has 1 aromatic heterocycles. The van der Waals surface area contributed by atoms with Crippen molar-refractivity contribution in [2.45, 2.75) is 40.5 Å². The van der Waals surface area contributed by atoms with Gasteiger partial charge in [0, 0.05) is 18.7 Å². The van der Waals surface area contributed by atoms with Gasteiger partial charge in [-0.25, -0.2) is 4.98 Å². The molecule has 0 aliphatic heterocycles. The number of anilines is 2.